The molecule has 1 aromatic rings. The Morgan fingerprint density at radius 1 is 1.36 bits per heavy atom. The molecule has 1 nitrogen and oxygen atoms in total. The molecule has 14 heavy (non-hydrogen) atoms. The van der Waals surface area contributed by atoms with Crippen LogP contribution in [0.3, 0.4) is 0 Å². The van der Waals surface area contributed by atoms with Crippen molar-refractivity contribution < 1.29 is 13.2 Å². The number of nitrogens with two attached hydrogens (primary N) is 1. The summed E-state index contributed by atoms with van der Waals surface area (Å²) < 4.78 is 37.5. The Balaban J connectivity index is 2.82. The van der Waals surface area contributed by atoms with Gasteiger partial charge in [0.05, 0.1) is 6.04 Å². The fourth-order valence-electron chi connectivity index (χ4n) is 1.21. The molecule has 4 heteroatoms. The molecule has 78 valence electrons. The van der Waals surface area contributed by atoms with Gasteiger partial charge in [-0.15, -0.1) is 0 Å². The molecule has 1 rings (SSSR count). The third-order valence-corrected chi connectivity index (χ3v) is 2.05. The van der Waals surface area contributed by atoms with E-state index in [0.717, 1.165) is 0 Å². The first-order chi connectivity index (χ1) is 6.52. The predicted octanol–water partition coefficient (Wildman–Crippen LogP) is 2.27. The number of aryl methyl sites for hydroxylation is 1. The summed E-state index contributed by atoms with van der Waals surface area (Å²) in [6.45, 7) is 1.59. The minimum atomic E-state index is -2.62. The van der Waals surface area contributed by atoms with Crippen molar-refractivity contribution in [1.29, 1.82) is 0 Å². The van der Waals surface area contributed by atoms with Gasteiger partial charge in [-0.2, -0.15) is 0 Å². The first-order valence-corrected chi connectivity index (χ1v) is 4.30. The first-order valence-electron chi connectivity index (χ1n) is 4.30. The molecule has 1 unspecified atom stereocenters. The molecule has 1 aromatic carbocycles. The molecule has 0 bridgehead atoms. The SMILES string of the molecule is Cc1cccc(CC(N)C(F)F)c1F. The van der Waals surface area contributed by atoms with Crippen molar-refractivity contribution in [1.82, 2.24) is 0 Å². The number of alkyl halides is 2. The van der Waals surface area contributed by atoms with Gasteiger partial charge in [0.2, 0.25) is 0 Å². The number of halogens is 3. The van der Waals surface area contributed by atoms with Gasteiger partial charge >= 0.3 is 0 Å². The van der Waals surface area contributed by atoms with Gasteiger partial charge in [0.1, 0.15) is 5.82 Å². The van der Waals surface area contributed by atoms with Gasteiger partial charge in [0.15, 0.2) is 0 Å². The van der Waals surface area contributed by atoms with Crippen LogP contribution in [0.2, 0.25) is 0 Å². The van der Waals surface area contributed by atoms with E-state index in [1.54, 1.807) is 19.1 Å². The van der Waals surface area contributed by atoms with Crippen LogP contribution in [0.25, 0.3) is 0 Å². The van der Waals surface area contributed by atoms with Crippen LogP contribution in [0.15, 0.2) is 18.2 Å². The van der Waals surface area contributed by atoms with Crippen molar-refractivity contribution in [3.63, 3.8) is 0 Å². The molecule has 0 amide bonds. The van der Waals surface area contributed by atoms with E-state index in [9.17, 15) is 13.2 Å². The van der Waals surface area contributed by atoms with E-state index in [1.165, 1.54) is 6.07 Å². The second-order valence-corrected chi connectivity index (χ2v) is 3.25. The number of rotatable bonds is 3. The van der Waals surface area contributed by atoms with Gasteiger partial charge in [-0.3, -0.25) is 0 Å². The van der Waals surface area contributed by atoms with Crippen LogP contribution in [0.5, 0.6) is 0 Å². The molecule has 0 saturated heterocycles. The largest absolute Gasteiger partial charge is 0.323 e. The normalized spacial score (nSPS) is 13.3. The molecule has 0 saturated carbocycles. The highest BCUT2D eigenvalue weighted by molar-refractivity contribution is 5.25. The van der Waals surface area contributed by atoms with Crippen molar-refractivity contribution in [2.24, 2.45) is 5.73 Å². The second-order valence-electron chi connectivity index (χ2n) is 3.25. The lowest BCUT2D eigenvalue weighted by Gasteiger charge is -2.11. The average Bonchev–Trinajstić information content (AvgIpc) is 2.12. The monoisotopic (exact) mass is 203 g/mol. The van der Waals surface area contributed by atoms with E-state index < -0.39 is 18.3 Å². The lowest BCUT2D eigenvalue weighted by Crippen LogP contribution is -2.31. The smallest absolute Gasteiger partial charge is 0.253 e. The molecule has 0 aliphatic carbocycles. The molecule has 2 N–H and O–H groups in total. The van der Waals surface area contributed by atoms with Crippen LogP contribution in [0.4, 0.5) is 13.2 Å². The molecule has 0 aliphatic rings. The first kappa shape index (κ1) is 11.0. The van der Waals surface area contributed by atoms with E-state index in [4.69, 9.17) is 5.73 Å². The van der Waals surface area contributed by atoms with Crippen molar-refractivity contribution in [3.8, 4) is 0 Å². The zero-order valence-corrected chi connectivity index (χ0v) is 7.81. The maximum atomic E-state index is 13.3. The molecule has 0 radical (unpaired) electrons. The predicted molar refractivity (Wildman–Crippen MR) is 48.8 cm³/mol. The van der Waals surface area contributed by atoms with Crippen molar-refractivity contribution in [2.45, 2.75) is 25.8 Å². The van der Waals surface area contributed by atoms with Gasteiger partial charge in [0.25, 0.3) is 6.43 Å². The lowest BCUT2D eigenvalue weighted by molar-refractivity contribution is 0.115. The summed E-state index contributed by atoms with van der Waals surface area (Å²) in [5.41, 5.74) is 5.85. The Morgan fingerprint density at radius 2 is 2.00 bits per heavy atom. The van der Waals surface area contributed by atoms with Gasteiger partial charge in [-0.05, 0) is 24.5 Å². The van der Waals surface area contributed by atoms with E-state index in [0.29, 0.717) is 5.56 Å². The van der Waals surface area contributed by atoms with Crippen LogP contribution in [0.1, 0.15) is 11.1 Å². The topological polar surface area (TPSA) is 26.0 Å². The van der Waals surface area contributed by atoms with Gasteiger partial charge in [-0.1, -0.05) is 18.2 Å². The molecular weight excluding hydrogens is 191 g/mol. The van der Waals surface area contributed by atoms with E-state index in [2.05, 4.69) is 0 Å². The Hall–Kier alpha value is -1.03. The summed E-state index contributed by atoms with van der Waals surface area (Å²) >= 11 is 0. The summed E-state index contributed by atoms with van der Waals surface area (Å²) in [5.74, 6) is -0.441. The molecule has 0 aliphatic heterocycles. The highest BCUT2D eigenvalue weighted by atomic mass is 19.3. The maximum Gasteiger partial charge on any atom is 0.253 e. The number of benzene rings is 1. The van der Waals surface area contributed by atoms with Gasteiger partial charge in [-0.25, -0.2) is 13.2 Å². The van der Waals surface area contributed by atoms with Gasteiger partial charge in [0, 0.05) is 0 Å². The van der Waals surface area contributed by atoms with Crippen LogP contribution >= 0.6 is 0 Å². The Bertz CT molecular complexity index is 312. The van der Waals surface area contributed by atoms with Gasteiger partial charge < -0.3 is 5.73 Å². The summed E-state index contributed by atoms with van der Waals surface area (Å²) in [6, 6.07) is 3.40. The Morgan fingerprint density at radius 3 is 2.57 bits per heavy atom. The molecule has 1 atom stereocenters. The quantitative estimate of drug-likeness (QED) is 0.801. The van der Waals surface area contributed by atoms with Crippen molar-refractivity contribution in [2.75, 3.05) is 0 Å². The highest BCUT2D eigenvalue weighted by Gasteiger charge is 2.17. The van der Waals surface area contributed by atoms with Crippen molar-refractivity contribution >= 4 is 0 Å². The van der Waals surface area contributed by atoms with E-state index >= 15 is 0 Å². The zero-order valence-electron chi connectivity index (χ0n) is 7.81. The third-order valence-electron chi connectivity index (χ3n) is 2.05. The fourth-order valence-corrected chi connectivity index (χ4v) is 1.21. The zero-order chi connectivity index (χ0) is 10.7. The minimum Gasteiger partial charge on any atom is -0.323 e. The molecule has 0 spiro atoms. The Kier molecular flexibility index (Phi) is 3.52. The van der Waals surface area contributed by atoms with Crippen LogP contribution in [-0.4, -0.2) is 12.5 Å². The highest BCUT2D eigenvalue weighted by Crippen LogP contribution is 2.15. The fraction of sp³-hybridized carbons (Fsp3) is 0.400. The standard InChI is InChI=1S/C10H12F3N/c1-6-3-2-4-7(9(6)11)5-8(14)10(12)13/h2-4,8,10H,5,14H2,1H3. The summed E-state index contributed by atoms with van der Waals surface area (Å²) in [7, 11) is 0. The summed E-state index contributed by atoms with van der Waals surface area (Å²) in [5, 5.41) is 0. The second kappa shape index (κ2) is 4.46. The summed E-state index contributed by atoms with van der Waals surface area (Å²) in [4.78, 5) is 0. The number of hydrogen-bond donors (Lipinski definition) is 1. The summed E-state index contributed by atoms with van der Waals surface area (Å²) in [6.07, 6.45) is -2.75. The van der Waals surface area contributed by atoms with Crippen molar-refractivity contribution in [3.05, 3.63) is 35.1 Å². The van der Waals surface area contributed by atoms with Crippen LogP contribution < -0.4 is 5.73 Å². The third kappa shape index (κ3) is 2.48. The van der Waals surface area contributed by atoms with E-state index in [1.807, 2.05) is 0 Å². The lowest BCUT2D eigenvalue weighted by atomic mass is 10.0. The van der Waals surface area contributed by atoms with Crippen LogP contribution in [-0.2, 0) is 6.42 Å². The number of hydrogen-bond acceptors (Lipinski definition) is 1. The van der Waals surface area contributed by atoms with Crippen LogP contribution in [0, 0.1) is 12.7 Å². The minimum absolute atomic E-state index is 0.134. The molecule has 0 aromatic heterocycles. The maximum absolute atomic E-state index is 13.3. The Labute approximate surface area is 80.7 Å². The molecule has 0 fully saturated rings. The van der Waals surface area contributed by atoms with E-state index in [-0.39, 0.29) is 12.0 Å². The molecular formula is C10H12F3N. The average molecular weight is 203 g/mol. The molecule has 0 heterocycles.